The van der Waals surface area contributed by atoms with Crippen molar-refractivity contribution in [2.24, 2.45) is 4.99 Å². The van der Waals surface area contributed by atoms with Gasteiger partial charge in [-0.15, -0.1) is 0 Å². The van der Waals surface area contributed by atoms with Gasteiger partial charge in [-0.1, -0.05) is 12.2 Å². The first-order chi connectivity index (χ1) is 12.4. The molecule has 1 aliphatic heterocycles. The molecule has 0 aliphatic carbocycles. The molecule has 3 rings (SSSR count). The minimum atomic E-state index is -0.639. The molecule has 1 aliphatic rings. The van der Waals surface area contributed by atoms with Gasteiger partial charge in [-0.2, -0.15) is 0 Å². The van der Waals surface area contributed by atoms with Crippen LogP contribution in [0.25, 0.3) is 0 Å². The molecule has 26 heavy (non-hydrogen) atoms. The Bertz CT molecular complexity index is 842. The first-order valence-corrected chi connectivity index (χ1v) is 8.94. The van der Waals surface area contributed by atoms with Crippen LogP contribution in [-0.2, 0) is 0 Å². The van der Waals surface area contributed by atoms with Crippen molar-refractivity contribution in [1.29, 1.82) is 0 Å². The molecule has 1 unspecified atom stereocenters. The summed E-state index contributed by atoms with van der Waals surface area (Å²) in [5, 5.41) is 0. The van der Waals surface area contributed by atoms with Crippen molar-refractivity contribution in [3.63, 3.8) is 0 Å². The van der Waals surface area contributed by atoms with Crippen LogP contribution in [0.3, 0.4) is 0 Å². The zero-order valence-electron chi connectivity index (χ0n) is 14.4. The summed E-state index contributed by atoms with van der Waals surface area (Å²) in [6.45, 7) is 5.24. The average Bonchev–Trinajstić information content (AvgIpc) is 3.09. The van der Waals surface area contributed by atoms with Gasteiger partial charge in [-0.25, -0.2) is 18.8 Å². The number of aryl methyl sites for hydroxylation is 1. The van der Waals surface area contributed by atoms with Gasteiger partial charge < -0.3 is 9.64 Å². The number of rotatable bonds is 5. The smallest absolute Gasteiger partial charge is 0.228 e. The number of aromatic nitrogens is 1. The number of hydrogen-bond donors (Lipinski definition) is 0. The van der Waals surface area contributed by atoms with Crippen LogP contribution in [0.2, 0.25) is 0 Å². The fourth-order valence-electron chi connectivity index (χ4n) is 2.54. The highest BCUT2D eigenvalue weighted by atomic mass is 79.9. The zero-order chi connectivity index (χ0) is 18.7. The normalized spacial score (nSPS) is 15.0. The SMILES string of the molecule is Cc1nc(OC(C)c2cc(F)cc(F)c2)c(Br)cc1/N=C/N1CC=CC1. The van der Waals surface area contributed by atoms with E-state index in [1.807, 2.05) is 13.0 Å². The highest BCUT2D eigenvalue weighted by molar-refractivity contribution is 9.10. The minimum Gasteiger partial charge on any atom is -0.469 e. The van der Waals surface area contributed by atoms with Crippen LogP contribution in [0.5, 0.6) is 5.88 Å². The van der Waals surface area contributed by atoms with Crippen LogP contribution in [0, 0.1) is 18.6 Å². The van der Waals surface area contributed by atoms with Gasteiger partial charge in [0.1, 0.15) is 17.7 Å². The Labute approximate surface area is 159 Å². The molecule has 0 amide bonds. The molecule has 0 saturated heterocycles. The Balaban J connectivity index is 1.76. The monoisotopic (exact) mass is 421 g/mol. The number of hydrogen-bond acceptors (Lipinski definition) is 3. The quantitative estimate of drug-likeness (QED) is 0.382. The lowest BCUT2D eigenvalue weighted by molar-refractivity contribution is 0.214. The Hall–Kier alpha value is -2.28. The van der Waals surface area contributed by atoms with Gasteiger partial charge >= 0.3 is 0 Å². The van der Waals surface area contributed by atoms with Crippen molar-refractivity contribution in [2.45, 2.75) is 20.0 Å². The zero-order valence-corrected chi connectivity index (χ0v) is 16.0. The summed E-state index contributed by atoms with van der Waals surface area (Å²) in [7, 11) is 0. The van der Waals surface area contributed by atoms with Crippen molar-refractivity contribution in [1.82, 2.24) is 9.88 Å². The van der Waals surface area contributed by atoms with Gasteiger partial charge in [0.2, 0.25) is 5.88 Å². The standard InChI is InChI=1S/C19H18BrF2N3O/c1-12-18(23-11-25-5-3-4-6-25)10-17(20)19(24-12)26-13(2)14-7-15(21)9-16(22)8-14/h3-4,7-11,13H,5-6H2,1-2H3/b23-11+. The number of halogens is 3. The highest BCUT2D eigenvalue weighted by Crippen LogP contribution is 2.32. The van der Waals surface area contributed by atoms with Gasteiger partial charge in [-0.05, 0) is 53.5 Å². The summed E-state index contributed by atoms with van der Waals surface area (Å²) >= 11 is 3.43. The lowest BCUT2D eigenvalue weighted by Gasteiger charge is -2.17. The average molecular weight is 422 g/mol. The first-order valence-electron chi connectivity index (χ1n) is 8.15. The topological polar surface area (TPSA) is 37.7 Å². The molecule has 7 heteroatoms. The van der Waals surface area contributed by atoms with E-state index in [-0.39, 0.29) is 0 Å². The molecule has 4 nitrogen and oxygen atoms in total. The molecule has 136 valence electrons. The summed E-state index contributed by atoms with van der Waals surface area (Å²) < 4.78 is 33.2. The van der Waals surface area contributed by atoms with Crippen LogP contribution in [-0.4, -0.2) is 29.3 Å². The summed E-state index contributed by atoms with van der Waals surface area (Å²) in [5.41, 5.74) is 1.82. The lowest BCUT2D eigenvalue weighted by Crippen LogP contribution is -2.17. The number of pyridine rings is 1. The van der Waals surface area contributed by atoms with E-state index in [9.17, 15) is 8.78 Å². The van der Waals surface area contributed by atoms with Crippen LogP contribution in [0.15, 0.2) is 45.9 Å². The Morgan fingerprint density at radius 2 is 1.85 bits per heavy atom. The van der Waals surface area contributed by atoms with E-state index in [1.54, 1.807) is 13.3 Å². The van der Waals surface area contributed by atoms with E-state index in [2.05, 4.69) is 43.0 Å². The minimum absolute atomic E-state index is 0.349. The van der Waals surface area contributed by atoms with Crippen molar-refractivity contribution >= 4 is 28.0 Å². The number of nitrogens with zero attached hydrogens (tertiary/aromatic N) is 3. The van der Waals surface area contributed by atoms with Gasteiger partial charge in [0.25, 0.3) is 0 Å². The second-order valence-corrected chi connectivity index (χ2v) is 6.87. The van der Waals surface area contributed by atoms with E-state index >= 15 is 0 Å². The maximum atomic E-state index is 13.4. The van der Waals surface area contributed by atoms with Gasteiger partial charge in [0, 0.05) is 19.2 Å². The molecular weight excluding hydrogens is 404 g/mol. The largest absolute Gasteiger partial charge is 0.469 e. The summed E-state index contributed by atoms with van der Waals surface area (Å²) in [6.07, 6.45) is 5.39. The van der Waals surface area contributed by atoms with E-state index < -0.39 is 17.7 Å². The molecule has 2 aromatic rings. The molecule has 1 aromatic carbocycles. The summed E-state index contributed by atoms with van der Waals surface area (Å²) in [6, 6.07) is 5.14. The number of ether oxygens (including phenoxy) is 1. The number of benzene rings is 1. The second-order valence-electron chi connectivity index (χ2n) is 6.01. The fraction of sp³-hybridized carbons (Fsp3) is 0.263. The van der Waals surface area contributed by atoms with Gasteiger partial charge in [0.05, 0.1) is 22.2 Å². The lowest BCUT2D eigenvalue weighted by atomic mass is 10.1. The molecule has 2 heterocycles. The molecule has 0 fully saturated rings. The molecule has 0 N–H and O–H groups in total. The Morgan fingerprint density at radius 1 is 1.19 bits per heavy atom. The first kappa shape index (κ1) is 18.5. The molecule has 0 saturated carbocycles. The molecule has 1 atom stereocenters. The predicted octanol–water partition coefficient (Wildman–Crippen LogP) is 5.10. The van der Waals surface area contributed by atoms with E-state index in [1.165, 1.54) is 12.1 Å². The third-order valence-electron chi connectivity index (χ3n) is 3.96. The van der Waals surface area contributed by atoms with Gasteiger partial charge in [-0.3, -0.25) is 0 Å². The molecule has 1 aromatic heterocycles. The molecule has 0 bridgehead atoms. The predicted molar refractivity (Wildman–Crippen MR) is 101 cm³/mol. The fourth-order valence-corrected chi connectivity index (χ4v) is 2.94. The maximum Gasteiger partial charge on any atom is 0.228 e. The molecule has 0 radical (unpaired) electrons. The Kier molecular flexibility index (Phi) is 5.66. The van der Waals surface area contributed by atoms with Crippen molar-refractivity contribution in [3.8, 4) is 5.88 Å². The van der Waals surface area contributed by atoms with E-state index in [0.717, 1.165) is 24.8 Å². The third-order valence-corrected chi connectivity index (χ3v) is 4.53. The van der Waals surface area contributed by atoms with Crippen LogP contribution >= 0.6 is 15.9 Å². The van der Waals surface area contributed by atoms with Crippen molar-refractivity contribution < 1.29 is 13.5 Å². The van der Waals surface area contributed by atoms with Crippen LogP contribution < -0.4 is 4.74 Å². The third kappa shape index (κ3) is 4.46. The van der Waals surface area contributed by atoms with Crippen molar-refractivity contribution in [3.05, 3.63) is 63.8 Å². The molecular formula is C19H18BrF2N3O. The highest BCUT2D eigenvalue weighted by Gasteiger charge is 2.15. The van der Waals surface area contributed by atoms with Crippen LogP contribution in [0.4, 0.5) is 14.5 Å². The Morgan fingerprint density at radius 3 is 2.50 bits per heavy atom. The molecule has 0 spiro atoms. The second kappa shape index (κ2) is 7.95. The van der Waals surface area contributed by atoms with E-state index in [4.69, 9.17) is 4.74 Å². The maximum absolute atomic E-state index is 13.4. The van der Waals surface area contributed by atoms with Gasteiger partial charge in [0.15, 0.2) is 0 Å². The summed E-state index contributed by atoms with van der Waals surface area (Å²) in [4.78, 5) is 11.0. The van der Waals surface area contributed by atoms with Crippen LogP contribution in [0.1, 0.15) is 24.3 Å². The summed E-state index contributed by atoms with van der Waals surface area (Å²) in [5.74, 6) is -0.930. The van der Waals surface area contributed by atoms with E-state index in [0.29, 0.717) is 21.6 Å². The number of aliphatic imine (C=N–C) groups is 1. The van der Waals surface area contributed by atoms with Crippen molar-refractivity contribution in [2.75, 3.05) is 13.1 Å².